The first-order valence-electron chi connectivity index (χ1n) is 6.81. The van der Waals surface area contributed by atoms with Gasteiger partial charge in [0.15, 0.2) is 0 Å². The summed E-state index contributed by atoms with van der Waals surface area (Å²) >= 11 is 0. The number of rotatable bonds is 13. The third kappa shape index (κ3) is 6.29. The Morgan fingerprint density at radius 3 is 2.12 bits per heavy atom. The highest BCUT2D eigenvalue weighted by atomic mass is 31.2. The van der Waals surface area contributed by atoms with Crippen LogP contribution in [0.2, 0.25) is 0 Å². The van der Waals surface area contributed by atoms with E-state index in [2.05, 4.69) is 18.9 Å². The minimum atomic E-state index is -3.89. The van der Waals surface area contributed by atoms with Crippen LogP contribution in [0.1, 0.15) is 12.8 Å². The van der Waals surface area contributed by atoms with Gasteiger partial charge in [0.1, 0.15) is 12.3 Å². The number of hydrogen-bond donors (Lipinski definition) is 0. The maximum atomic E-state index is 13.3. The number of carbonyl (C=O) groups excluding carboxylic acids is 4. The lowest BCUT2D eigenvalue weighted by Crippen LogP contribution is -2.33. The van der Waals surface area contributed by atoms with Crippen LogP contribution < -0.4 is 0 Å². The van der Waals surface area contributed by atoms with Crippen LogP contribution in [-0.4, -0.2) is 70.7 Å². The molecule has 10 nitrogen and oxygen atoms in total. The van der Waals surface area contributed by atoms with Crippen molar-refractivity contribution in [3.63, 3.8) is 0 Å². The van der Waals surface area contributed by atoms with E-state index in [9.17, 15) is 23.7 Å². The monoisotopic (exact) mass is 368 g/mol. The average Bonchev–Trinajstić information content (AvgIpc) is 2.60. The van der Waals surface area contributed by atoms with E-state index in [0.29, 0.717) is 0 Å². The number of hydrogen-bond acceptors (Lipinski definition) is 10. The molecule has 0 saturated heterocycles. The highest BCUT2D eigenvalue weighted by molar-refractivity contribution is 7.61. The molecule has 11 heteroatoms. The molecule has 0 aromatic carbocycles. The third-order valence-electron chi connectivity index (χ3n) is 3.28. The second-order valence-electron chi connectivity index (χ2n) is 4.49. The molecule has 0 aliphatic rings. The fourth-order valence-electron chi connectivity index (χ4n) is 2.04. The van der Waals surface area contributed by atoms with Crippen molar-refractivity contribution in [2.24, 2.45) is 0 Å². The second-order valence-corrected chi connectivity index (χ2v) is 7.50. The van der Waals surface area contributed by atoms with E-state index >= 15 is 0 Å². The summed E-state index contributed by atoms with van der Waals surface area (Å²) in [7, 11) is -0.607. The molecule has 0 N–H and O–H groups in total. The van der Waals surface area contributed by atoms with Crippen LogP contribution in [0.4, 0.5) is 0 Å². The zero-order chi connectivity index (χ0) is 18.6. The lowest BCUT2D eigenvalue weighted by Gasteiger charge is -2.30. The topological polar surface area (TPSA) is 132 Å². The smallest absolute Gasteiger partial charge is 0.319 e. The van der Waals surface area contributed by atoms with E-state index in [-0.39, 0.29) is 32.6 Å². The predicted octanol–water partition coefficient (Wildman–Crippen LogP) is 0.120. The van der Waals surface area contributed by atoms with Crippen LogP contribution in [0.3, 0.4) is 0 Å². The standard InChI is InChI=1S/C13H21O10P/c1-19-12(16)6-11(13(17)20-2)24(18,21-3)10(7-23-9-15)4-5-22-8-14/h8-11H,4-7H2,1-3H3. The van der Waals surface area contributed by atoms with Gasteiger partial charge >= 0.3 is 11.9 Å². The molecule has 0 fully saturated rings. The Morgan fingerprint density at radius 1 is 1.04 bits per heavy atom. The molecule has 0 saturated carbocycles. The van der Waals surface area contributed by atoms with Gasteiger partial charge < -0.3 is 23.5 Å². The van der Waals surface area contributed by atoms with Crippen LogP contribution in [0.5, 0.6) is 0 Å². The Balaban J connectivity index is 5.61. The summed E-state index contributed by atoms with van der Waals surface area (Å²) < 4.78 is 36.6. The Bertz CT molecular complexity index is 477. The van der Waals surface area contributed by atoms with E-state index in [4.69, 9.17) is 4.52 Å². The second kappa shape index (κ2) is 11.6. The molecule has 0 aliphatic heterocycles. The Labute approximate surface area is 139 Å². The fourth-order valence-corrected chi connectivity index (χ4v) is 4.66. The van der Waals surface area contributed by atoms with Gasteiger partial charge in [-0.1, -0.05) is 0 Å². The van der Waals surface area contributed by atoms with E-state index in [1.54, 1.807) is 0 Å². The molecule has 0 aromatic heterocycles. The first-order valence-corrected chi connectivity index (χ1v) is 8.57. The first-order chi connectivity index (χ1) is 11.4. The molecule has 0 aromatic rings. The molecule has 24 heavy (non-hydrogen) atoms. The van der Waals surface area contributed by atoms with E-state index in [0.717, 1.165) is 21.3 Å². The number of methoxy groups -OCH3 is 2. The van der Waals surface area contributed by atoms with Crippen LogP contribution in [0.25, 0.3) is 0 Å². The molecule has 0 amide bonds. The molecule has 0 heterocycles. The molecule has 0 aliphatic carbocycles. The number of esters is 2. The summed E-state index contributed by atoms with van der Waals surface area (Å²) in [5, 5.41) is 0. The van der Waals surface area contributed by atoms with E-state index < -0.39 is 37.0 Å². The lowest BCUT2D eigenvalue weighted by molar-refractivity contribution is -0.147. The van der Waals surface area contributed by atoms with Crippen LogP contribution in [-0.2, 0) is 47.2 Å². The summed E-state index contributed by atoms with van der Waals surface area (Å²) in [6, 6.07) is 0. The molecule has 0 rings (SSSR count). The quantitative estimate of drug-likeness (QED) is 0.145. The number of ether oxygens (including phenoxy) is 4. The van der Waals surface area contributed by atoms with Crippen molar-refractivity contribution in [3.05, 3.63) is 0 Å². The van der Waals surface area contributed by atoms with E-state index in [1.165, 1.54) is 0 Å². The van der Waals surface area contributed by atoms with Crippen molar-refractivity contribution in [2.45, 2.75) is 24.2 Å². The summed E-state index contributed by atoms with van der Waals surface area (Å²) in [5.74, 6) is -1.72. The van der Waals surface area contributed by atoms with Gasteiger partial charge in [0, 0.05) is 7.11 Å². The largest absolute Gasteiger partial charge is 0.469 e. The molecule has 0 spiro atoms. The molecule has 3 unspecified atom stereocenters. The summed E-state index contributed by atoms with van der Waals surface area (Å²) in [4.78, 5) is 44.2. The van der Waals surface area contributed by atoms with Gasteiger partial charge in [-0.3, -0.25) is 23.7 Å². The highest BCUT2D eigenvalue weighted by Gasteiger charge is 2.47. The minimum Gasteiger partial charge on any atom is -0.469 e. The van der Waals surface area contributed by atoms with Crippen molar-refractivity contribution in [1.82, 2.24) is 0 Å². The SMILES string of the molecule is COC(=O)CC(C(=O)OC)P(=O)(OC)C(CCOC=O)COC=O. The van der Waals surface area contributed by atoms with Crippen molar-refractivity contribution in [3.8, 4) is 0 Å². The number of carbonyl (C=O) groups is 4. The van der Waals surface area contributed by atoms with Crippen LogP contribution in [0.15, 0.2) is 0 Å². The Kier molecular flexibility index (Phi) is 10.7. The third-order valence-corrected chi connectivity index (χ3v) is 6.54. The summed E-state index contributed by atoms with van der Waals surface area (Å²) in [6.45, 7) is -0.163. The van der Waals surface area contributed by atoms with Crippen LogP contribution >= 0.6 is 7.37 Å². The molecule has 0 radical (unpaired) electrons. The average molecular weight is 368 g/mol. The predicted molar refractivity (Wildman–Crippen MR) is 79.5 cm³/mol. The minimum absolute atomic E-state index is 0.0215. The molecule has 3 atom stereocenters. The summed E-state index contributed by atoms with van der Waals surface area (Å²) in [5.41, 5.74) is -2.43. The van der Waals surface area contributed by atoms with Gasteiger partial charge in [0.25, 0.3) is 12.9 Å². The van der Waals surface area contributed by atoms with Crippen molar-refractivity contribution >= 4 is 32.3 Å². The maximum Gasteiger partial charge on any atom is 0.319 e. The van der Waals surface area contributed by atoms with Gasteiger partial charge in [-0.15, -0.1) is 0 Å². The van der Waals surface area contributed by atoms with E-state index in [1.807, 2.05) is 0 Å². The van der Waals surface area contributed by atoms with Crippen molar-refractivity contribution in [2.75, 3.05) is 34.5 Å². The molecule has 0 bridgehead atoms. The van der Waals surface area contributed by atoms with Gasteiger partial charge in [0.2, 0.25) is 7.37 Å². The normalized spacial score (nSPS) is 15.3. The van der Waals surface area contributed by atoms with Gasteiger partial charge in [-0.2, -0.15) is 0 Å². The Morgan fingerprint density at radius 2 is 1.67 bits per heavy atom. The zero-order valence-electron chi connectivity index (χ0n) is 13.7. The van der Waals surface area contributed by atoms with Gasteiger partial charge in [-0.05, 0) is 6.42 Å². The Hall–Kier alpha value is -1.93. The van der Waals surface area contributed by atoms with Crippen molar-refractivity contribution < 1.29 is 47.2 Å². The van der Waals surface area contributed by atoms with Gasteiger partial charge in [-0.25, -0.2) is 0 Å². The fraction of sp³-hybridized carbons (Fsp3) is 0.692. The first kappa shape index (κ1) is 22.1. The lowest BCUT2D eigenvalue weighted by atomic mass is 10.3. The highest BCUT2D eigenvalue weighted by Crippen LogP contribution is 2.58. The summed E-state index contributed by atoms with van der Waals surface area (Å²) in [6.07, 6.45) is -0.563. The maximum absolute atomic E-state index is 13.3. The zero-order valence-corrected chi connectivity index (χ0v) is 14.6. The van der Waals surface area contributed by atoms with Gasteiger partial charge in [0.05, 0.1) is 32.9 Å². The van der Waals surface area contributed by atoms with Crippen LogP contribution in [0, 0.1) is 0 Å². The molecular weight excluding hydrogens is 347 g/mol. The molecule has 138 valence electrons. The van der Waals surface area contributed by atoms with Crippen molar-refractivity contribution in [1.29, 1.82) is 0 Å². The molecular formula is C13H21O10P.